The molecule has 0 aliphatic rings. The van der Waals surface area contributed by atoms with Crippen molar-refractivity contribution < 1.29 is 4.79 Å². The molecule has 2 aromatic heterocycles. The van der Waals surface area contributed by atoms with Crippen molar-refractivity contribution in [3.05, 3.63) is 61.3 Å². The van der Waals surface area contributed by atoms with Crippen LogP contribution in [0, 0.1) is 0 Å². The largest absolute Gasteiger partial charge is 0.383 e. The van der Waals surface area contributed by atoms with Crippen molar-refractivity contribution >= 4 is 40.0 Å². The molecule has 28 heavy (non-hydrogen) atoms. The number of carbonyl (C=O) groups is 1. The maximum Gasteiger partial charge on any atom is 0.332 e. The van der Waals surface area contributed by atoms with Gasteiger partial charge in [-0.3, -0.25) is 18.7 Å². The number of fused-ring (bicyclic) bond motifs is 1. The summed E-state index contributed by atoms with van der Waals surface area (Å²) in [6, 6.07) is 6.62. The van der Waals surface area contributed by atoms with Crippen LogP contribution >= 0.6 is 11.6 Å². The lowest BCUT2D eigenvalue weighted by Crippen LogP contribution is -2.38. The van der Waals surface area contributed by atoms with Crippen LogP contribution in [0.2, 0.25) is 5.02 Å². The summed E-state index contributed by atoms with van der Waals surface area (Å²) in [5, 5.41) is 3.52. The molecule has 0 aliphatic carbocycles. The molecule has 0 atom stereocenters. The number of hydrogen-bond donors (Lipinski definition) is 2. The minimum atomic E-state index is -0.509. The minimum Gasteiger partial charge on any atom is -0.383 e. The SMILES string of the molecule is CCCc1c(C(=O)Nc2ccc(Cl)cc2)c(N)nc2c1c(=O)n(C)c(=O)n2C. The number of anilines is 2. The molecule has 146 valence electrons. The Bertz CT molecular complexity index is 1200. The molecule has 3 rings (SSSR count). The van der Waals surface area contributed by atoms with Crippen LogP contribution < -0.4 is 22.3 Å². The zero-order valence-corrected chi connectivity index (χ0v) is 16.5. The van der Waals surface area contributed by atoms with Gasteiger partial charge < -0.3 is 11.1 Å². The standard InChI is InChI=1S/C19H20ClN5O3/c1-4-5-12-13(17(26)22-11-8-6-10(20)7-9-11)15(21)23-16-14(12)18(27)25(3)19(28)24(16)2/h6-9H,4-5H2,1-3H3,(H2,21,23)(H,22,26). The fourth-order valence-electron chi connectivity index (χ4n) is 3.16. The topological polar surface area (TPSA) is 112 Å². The smallest absolute Gasteiger partial charge is 0.332 e. The summed E-state index contributed by atoms with van der Waals surface area (Å²) in [6.45, 7) is 1.93. The molecule has 0 radical (unpaired) electrons. The van der Waals surface area contributed by atoms with Crippen molar-refractivity contribution in [2.24, 2.45) is 14.1 Å². The van der Waals surface area contributed by atoms with Crippen molar-refractivity contribution in [1.82, 2.24) is 14.1 Å². The van der Waals surface area contributed by atoms with Crippen LogP contribution in [0.5, 0.6) is 0 Å². The van der Waals surface area contributed by atoms with Crippen molar-refractivity contribution in [2.45, 2.75) is 19.8 Å². The van der Waals surface area contributed by atoms with Crippen molar-refractivity contribution in [3.8, 4) is 0 Å². The number of nitrogens with one attached hydrogen (secondary N) is 1. The lowest BCUT2D eigenvalue weighted by Gasteiger charge is -2.16. The van der Waals surface area contributed by atoms with E-state index in [0.29, 0.717) is 29.1 Å². The van der Waals surface area contributed by atoms with Crippen molar-refractivity contribution in [1.29, 1.82) is 0 Å². The monoisotopic (exact) mass is 401 g/mol. The molecule has 9 heteroatoms. The molecule has 0 unspecified atom stereocenters. The molecule has 0 fully saturated rings. The Kier molecular flexibility index (Phi) is 5.24. The molecule has 0 spiro atoms. The van der Waals surface area contributed by atoms with E-state index in [1.807, 2.05) is 6.92 Å². The van der Waals surface area contributed by atoms with E-state index in [0.717, 1.165) is 4.57 Å². The van der Waals surface area contributed by atoms with Gasteiger partial charge in [-0.25, -0.2) is 9.78 Å². The lowest BCUT2D eigenvalue weighted by molar-refractivity contribution is 0.102. The Morgan fingerprint density at radius 2 is 1.82 bits per heavy atom. The highest BCUT2D eigenvalue weighted by Crippen LogP contribution is 2.25. The second-order valence-corrected chi connectivity index (χ2v) is 6.90. The fourth-order valence-corrected chi connectivity index (χ4v) is 3.28. The second-order valence-electron chi connectivity index (χ2n) is 6.47. The highest BCUT2D eigenvalue weighted by molar-refractivity contribution is 6.30. The Balaban J connectivity index is 2.27. The average Bonchev–Trinajstić information content (AvgIpc) is 2.66. The molecule has 0 saturated heterocycles. The summed E-state index contributed by atoms with van der Waals surface area (Å²) in [5.41, 5.74) is 6.39. The predicted octanol–water partition coefficient (Wildman–Crippen LogP) is 2.07. The zero-order valence-electron chi connectivity index (χ0n) is 15.7. The van der Waals surface area contributed by atoms with Crippen molar-refractivity contribution in [3.63, 3.8) is 0 Å². The first kappa shape index (κ1) is 19.6. The third-order valence-corrected chi connectivity index (χ3v) is 4.80. The summed E-state index contributed by atoms with van der Waals surface area (Å²) in [5.74, 6) is -0.515. The van der Waals surface area contributed by atoms with Gasteiger partial charge in [0, 0.05) is 24.8 Å². The van der Waals surface area contributed by atoms with Gasteiger partial charge in [0.1, 0.15) is 5.82 Å². The number of amides is 1. The molecular formula is C19H20ClN5O3. The van der Waals surface area contributed by atoms with Crippen LogP contribution in [-0.4, -0.2) is 20.0 Å². The molecule has 1 aromatic carbocycles. The van der Waals surface area contributed by atoms with Crippen LogP contribution in [0.25, 0.3) is 11.0 Å². The van der Waals surface area contributed by atoms with Gasteiger partial charge in [0.15, 0.2) is 5.65 Å². The zero-order chi connectivity index (χ0) is 20.6. The predicted molar refractivity (Wildman–Crippen MR) is 110 cm³/mol. The third kappa shape index (κ3) is 3.27. The van der Waals surface area contributed by atoms with E-state index < -0.39 is 17.2 Å². The van der Waals surface area contributed by atoms with Crippen LogP contribution in [0.4, 0.5) is 11.5 Å². The molecule has 8 nitrogen and oxygen atoms in total. The van der Waals surface area contributed by atoms with Gasteiger partial charge in [-0.15, -0.1) is 0 Å². The maximum absolute atomic E-state index is 13.0. The van der Waals surface area contributed by atoms with Crippen LogP contribution in [0.3, 0.4) is 0 Å². The van der Waals surface area contributed by atoms with E-state index in [4.69, 9.17) is 17.3 Å². The van der Waals surface area contributed by atoms with Gasteiger partial charge in [0.2, 0.25) is 0 Å². The molecule has 2 heterocycles. The summed E-state index contributed by atoms with van der Waals surface area (Å²) < 4.78 is 2.26. The van der Waals surface area contributed by atoms with E-state index in [9.17, 15) is 14.4 Å². The lowest BCUT2D eigenvalue weighted by atomic mass is 9.99. The molecule has 3 N–H and O–H groups in total. The van der Waals surface area contributed by atoms with Crippen LogP contribution in [-0.2, 0) is 20.5 Å². The third-order valence-electron chi connectivity index (χ3n) is 4.55. The van der Waals surface area contributed by atoms with Gasteiger partial charge in [-0.1, -0.05) is 24.9 Å². The van der Waals surface area contributed by atoms with Gasteiger partial charge in [-0.2, -0.15) is 0 Å². The Hall–Kier alpha value is -3.13. The van der Waals surface area contributed by atoms with E-state index in [1.165, 1.54) is 18.7 Å². The summed E-state index contributed by atoms with van der Waals surface area (Å²) in [4.78, 5) is 42.2. The number of nitrogens with two attached hydrogens (primary N) is 1. The number of carbonyl (C=O) groups excluding carboxylic acids is 1. The summed E-state index contributed by atoms with van der Waals surface area (Å²) in [7, 11) is 2.91. The quantitative estimate of drug-likeness (QED) is 0.695. The molecule has 0 bridgehead atoms. The molecule has 0 aliphatic heterocycles. The van der Waals surface area contributed by atoms with Crippen LogP contribution in [0.15, 0.2) is 33.9 Å². The number of halogens is 1. The Morgan fingerprint density at radius 1 is 1.18 bits per heavy atom. The number of aryl methyl sites for hydroxylation is 2. The second kappa shape index (κ2) is 7.47. The number of aromatic nitrogens is 3. The van der Waals surface area contributed by atoms with Gasteiger partial charge in [0.05, 0.1) is 10.9 Å². The van der Waals surface area contributed by atoms with Crippen molar-refractivity contribution in [2.75, 3.05) is 11.1 Å². The van der Waals surface area contributed by atoms with E-state index in [2.05, 4.69) is 10.3 Å². The highest BCUT2D eigenvalue weighted by Gasteiger charge is 2.23. The Labute approximate surface area is 165 Å². The number of hydrogen-bond acceptors (Lipinski definition) is 5. The molecule has 3 aromatic rings. The average molecular weight is 402 g/mol. The first-order chi connectivity index (χ1) is 13.3. The van der Waals surface area contributed by atoms with E-state index >= 15 is 0 Å². The normalized spacial score (nSPS) is 11.0. The molecular weight excluding hydrogens is 382 g/mol. The number of rotatable bonds is 4. The summed E-state index contributed by atoms with van der Waals surface area (Å²) in [6.07, 6.45) is 1.10. The number of nitrogen functional groups attached to an aromatic ring is 1. The van der Waals surface area contributed by atoms with Crippen LogP contribution in [0.1, 0.15) is 29.3 Å². The highest BCUT2D eigenvalue weighted by atomic mass is 35.5. The number of pyridine rings is 1. The minimum absolute atomic E-state index is 0.0364. The molecule has 0 saturated carbocycles. The summed E-state index contributed by atoms with van der Waals surface area (Å²) >= 11 is 5.87. The van der Waals surface area contributed by atoms with Gasteiger partial charge in [-0.05, 0) is 36.2 Å². The van der Waals surface area contributed by atoms with E-state index in [-0.39, 0.29) is 22.4 Å². The van der Waals surface area contributed by atoms with E-state index in [1.54, 1.807) is 24.3 Å². The number of nitrogens with zero attached hydrogens (tertiary/aromatic N) is 3. The number of benzene rings is 1. The fraction of sp³-hybridized carbons (Fsp3) is 0.263. The van der Waals surface area contributed by atoms with Gasteiger partial charge in [0.25, 0.3) is 11.5 Å². The molecule has 1 amide bonds. The van der Waals surface area contributed by atoms with Gasteiger partial charge >= 0.3 is 5.69 Å². The Morgan fingerprint density at radius 3 is 2.43 bits per heavy atom. The first-order valence-corrected chi connectivity index (χ1v) is 9.09. The first-order valence-electron chi connectivity index (χ1n) is 8.71. The maximum atomic E-state index is 13.0.